The van der Waals surface area contributed by atoms with Gasteiger partial charge in [-0.2, -0.15) is 0 Å². The monoisotopic (exact) mass is 228 g/mol. The first-order valence-electron chi connectivity index (χ1n) is 6.63. The molecule has 0 atom stereocenters. The lowest BCUT2D eigenvalue weighted by Gasteiger charge is -2.31. The van der Waals surface area contributed by atoms with E-state index < -0.39 is 0 Å². The first-order chi connectivity index (χ1) is 7.53. The highest BCUT2D eigenvalue weighted by molar-refractivity contribution is 4.81. The standard InChI is InChI=1S/C13H28N2O/c1-13(2,8-3-9-16)10-15-12-6-4-11(14)5-7-12/h11-12,15-16H,3-10,14H2,1-2H3. The van der Waals surface area contributed by atoms with Crippen LogP contribution in [0.25, 0.3) is 0 Å². The van der Waals surface area contributed by atoms with Gasteiger partial charge in [-0.1, -0.05) is 13.8 Å². The minimum Gasteiger partial charge on any atom is -0.396 e. The van der Waals surface area contributed by atoms with E-state index in [0.717, 1.165) is 32.2 Å². The average Bonchev–Trinajstić information content (AvgIpc) is 2.26. The maximum Gasteiger partial charge on any atom is 0.0431 e. The van der Waals surface area contributed by atoms with Crippen molar-refractivity contribution in [3.63, 3.8) is 0 Å². The van der Waals surface area contributed by atoms with Crippen LogP contribution in [0.4, 0.5) is 0 Å². The molecule has 3 nitrogen and oxygen atoms in total. The van der Waals surface area contributed by atoms with Crippen LogP contribution < -0.4 is 11.1 Å². The maximum atomic E-state index is 8.84. The summed E-state index contributed by atoms with van der Waals surface area (Å²) in [5, 5.41) is 12.5. The maximum absolute atomic E-state index is 8.84. The molecule has 4 N–H and O–H groups in total. The van der Waals surface area contributed by atoms with Crippen LogP contribution in [0.3, 0.4) is 0 Å². The van der Waals surface area contributed by atoms with E-state index in [2.05, 4.69) is 19.2 Å². The Morgan fingerprint density at radius 2 is 1.88 bits per heavy atom. The molecule has 1 rings (SSSR count). The van der Waals surface area contributed by atoms with Crippen LogP contribution >= 0.6 is 0 Å². The number of rotatable bonds is 6. The van der Waals surface area contributed by atoms with Crippen LogP contribution in [-0.4, -0.2) is 30.3 Å². The molecular weight excluding hydrogens is 200 g/mol. The van der Waals surface area contributed by atoms with E-state index in [-0.39, 0.29) is 0 Å². The predicted octanol–water partition coefficient (Wildman–Crippen LogP) is 1.64. The molecule has 0 amide bonds. The summed E-state index contributed by atoms with van der Waals surface area (Å²) in [7, 11) is 0. The molecule has 0 aliphatic heterocycles. The van der Waals surface area contributed by atoms with Gasteiger partial charge in [-0.3, -0.25) is 0 Å². The van der Waals surface area contributed by atoms with E-state index in [1.807, 2.05) is 0 Å². The van der Waals surface area contributed by atoms with Crippen molar-refractivity contribution in [1.29, 1.82) is 0 Å². The molecule has 3 heteroatoms. The van der Waals surface area contributed by atoms with Crippen molar-refractivity contribution in [2.45, 2.75) is 64.5 Å². The van der Waals surface area contributed by atoms with Crippen molar-refractivity contribution in [3.05, 3.63) is 0 Å². The lowest BCUT2D eigenvalue weighted by Crippen LogP contribution is -2.41. The molecule has 96 valence electrons. The molecule has 0 radical (unpaired) electrons. The first-order valence-corrected chi connectivity index (χ1v) is 6.63. The second kappa shape index (κ2) is 6.58. The lowest BCUT2D eigenvalue weighted by molar-refractivity contribution is 0.223. The molecule has 0 heterocycles. The molecule has 0 aromatic carbocycles. The number of hydrogen-bond acceptors (Lipinski definition) is 3. The minimum absolute atomic E-state index is 0.294. The molecular formula is C13H28N2O. The van der Waals surface area contributed by atoms with Crippen LogP contribution in [0.15, 0.2) is 0 Å². The largest absolute Gasteiger partial charge is 0.396 e. The van der Waals surface area contributed by atoms with Crippen LogP contribution in [-0.2, 0) is 0 Å². The summed E-state index contributed by atoms with van der Waals surface area (Å²) >= 11 is 0. The molecule has 0 saturated heterocycles. The van der Waals surface area contributed by atoms with Gasteiger partial charge in [0.2, 0.25) is 0 Å². The number of nitrogens with two attached hydrogens (primary N) is 1. The number of aliphatic hydroxyl groups excluding tert-OH is 1. The molecule has 1 saturated carbocycles. The second-order valence-corrected chi connectivity index (χ2v) is 5.98. The Labute approximate surface area is 99.8 Å². The highest BCUT2D eigenvalue weighted by Crippen LogP contribution is 2.23. The first kappa shape index (κ1) is 13.9. The van der Waals surface area contributed by atoms with Crippen LogP contribution in [0.1, 0.15) is 52.4 Å². The van der Waals surface area contributed by atoms with Gasteiger partial charge in [0.15, 0.2) is 0 Å². The van der Waals surface area contributed by atoms with Crippen molar-refractivity contribution < 1.29 is 5.11 Å². The van der Waals surface area contributed by atoms with Crippen molar-refractivity contribution in [3.8, 4) is 0 Å². The number of nitrogens with one attached hydrogen (secondary N) is 1. The van der Waals surface area contributed by atoms with Crippen molar-refractivity contribution in [1.82, 2.24) is 5.32 Å². The number of hydrogen-bond donors (Lipinski definition) is 3. The van der Waals surface area contributed by atoms with Gasteiger partial charge in [0.05, 0.1) is 0 Å². The molecule has 0 spiro atoms. The predicted molar refractivity (Wildman–Crippen MR) is 68.3 cm³/mol. The fourth-order valence-electron chi connectivity index (χ4n) is 2.39. The lowest BCUT2D eigenvalue weighted by atomic mass is 9.86. The van der Waals surface area contributed by atoms with Gasteiger partial charge in [-0.05, 0) is 43.9 Å². The molecule has 1 aliphatic rings. The molecule has 0 aromatic heterocycles. The summed E-state index contributed by atoms with van der Waals surface area (Å²) in [6.07, 6.45) is 6.75. The Hall–Kier alpha value is -0.120. The van der Waals surface area contributed by atoms with Crippen LogP contribution in [0.2, 0.25) is 0 Å². The van der Waals surface area contributed by atoms with Gasteiger partial charge in [-0.25, -0.2) is 0 Å². The van der Waals surface area contributed by atoms with E-state index in [1.54, 1.807) is 0 Å². The van der Waals surface area contributed by atoms with E-state index >= 15 is 0 Å². The Balaban J connectivity index is 2.17. The fraction of sp³-hybridized carbons (Fsp3) is 1.00. The molecule has 1 fully saturated rings. The smallest absolute Gasteiger partial charge is 0.0431 e. The average molecular weight is 228 g/mol. The quantitative estimate of drug-likeness (QED) is 0.648. The normalized spacial score (nSPS) is 27.0. The zero-order chi connectivity index (χ0) is 12.0. The summed E-state index contributed by atoms with van der Waals surface area (Å²) in [6, 6.07) is 1.09. The van der Waals surface area contributed by atoms with Gasteiger partial charge in [0.1, 0.15) is 0 Å². The van der Waals surface area contributed by atoms with Crippen molar-refractivity contribution in [2.75, 3.05) is 13.2 Å². The van der Waals surface area contributed by atoms with Gasteiger partial charge >= 0.3 is 0 Å². The third-order valence-corrected chi connectivity index (χ3v) is 3.65. The van der Waals surface area contributed by atoms with Crippen molar-refractivity contribution >= 4 is 0 Å². The van der Waals surface area contributed by atoms with E-state index in [0.29, 0.717) is 24.1 Å². The number of aliphatic hydroxyl groups is 1. The van der Waals surface area contributed by atoms with E-state index in [4.69, 9.17) is 10.8 Å². The van der Waals surface area contributed by atoms with Crippen LogP contribution in [0, 0.1) is 5.41 Å². The molecule has 0 aromatic rings. The summed E-state index contributed by atoms with van der Waals surface area (Å²) < 4.78 is 0. The summed E-state index contributed by atoms with van der Waals surface area (Å²) in [5.74, 6) is 0. The zero-order valence-corrected chi connectivity index (χ0v) is 10.8. The van der Waals surface area contributed by atoms with Gasteiger partial charge in [0, 0.05) is 25.2 Å². The summed E-state index contributed by atoms with van der Waals surface area (Å²) in [5.41, 5.74) is 6.18. The topological polar surface area (TPSA) is 58.3 Å². The Kier molecular flexibility index (Phi) is 5.73. The van der Waals surface area contributed by atoms with E-state index in [9.17, 15) is 0 Å². The molecule has 0 bridgehead atoms. The second-order valence-electron chi connectivity index (χ2n) is 5.98. The molecule has 16 heavy (non-hydrogen) atoms. The van der Waals surface area contributed by atoms with Crippen molar-refractivity contribution in [2.24, 2.45) is 11.1 Å². The third kappa shape index (κ3) is 5.28. The molecule has 1 aliphatic carbocycles. The van der Waals surface area contributed by atoms with Gasteiger partial charge in [0.25, 0.3) is 0 Å². The van der Waals surface area contributed by atoms with Gasteiger partial charge in [-0.15, -0.1) is 0 Å². The van der Waals surface area contributed by atoms with Crippen LogP contribution in [0.5, 0.6) is 0 Å². The highest BCUT2D eigenvalue weighted by atomic mass is 16.2. The molecule has 0 unspecified atom stereocenters. The fourth-order valence-corrected chi connectivity index (χ4v) is 2.39. The summed E-state index contributed by atoms with van der Waals surface area (Å²) in [6.45, 7) is 5.89. The zero-order valence-electron chi connectivity index (χ0n) is 10.8. The van der Waals surface area contributed by atoms with Gasteiger partial charge < -0.3 is 16.2 Å². The Morgan fingerprint density at radius 3 is 2.44 bits per heavy atom. The summed E-state index contributed by atoms with van der Waals surface area (Å²) in [4.78, 5) is 0. The highest BCUT2D eigenvalue weighted by Gasteiger charge is 2.22. The third-order valence-electron chi connectivity index (χ3n) is 3.65. The SMILES string of the molecule is CC(C)(CCCO)CNC1CCC(N)CC1. The Morgan fingerprint density at radius 1 is 1.25 bits per heavy atom. The van der Waals surface area contributed by atoms with E-state index in [1.165, 1.54) is 12.8 Å². The minimum atomic E-state index is 0.294. The Bertz CT molecular complexity index is 186.